The summed E-state index contributed by atoms with van der Waals surface area (Å²) in [7, 11) is -2.97. The number of ether oxygens (including phenoxy) is 1. The van der Waals surface area contributed by atoms with Crippen molar-refractivity contribution in [2.45, 2.75) is 43.3 Å². The van der Waals surface area contributed by atoms with Crippen molar-refractivity contribution in [1.29, 1.82) is 0 Å². The van der Waals surface area contributed by atoms with Crippen molar-refractivity contribution in [2.75, 3.05) is 13.7 Å². The van der Waals surface area contributed by atoms with Gasteiger partial charge in [0.15, 0.2) is 6.61 Å². The Hall–Kier alpha value is -2.85. The summed E-state index contributed by atoms with van der Waals surface area (Å²) in [5, 5.41) is 8.89. The highest BCUT2D eigenvalue weighted by Gasteiger charge is 2.36. The minimum absolute atomic E-state index is 0.0881. The van der Waals surface area contributed by atoms with Crippen molar-refractivity contribution in [3.05, 3.63) is 65.2 Å². The lowest BCUT2D eigenvalue weighted by Gasteiger charge is -2.33. The van der Waals surface area contributed by atoms with Crippen LogP contribution in [0.5, 0.6) is 5.75 Å². The molecule has 1 aliphatic rings. The minimum Gasteiger partial charge on any atom is -0.482 e. The lowest BCUT2D eigenvalue weighted by Crippen LogP contribution is -2.33. The molecule has 2 aromatic rings. The summed E-state index contributed by atoms with van der Waals surface area (Å²) >= 11 is 0. The van der Waals surface area contributed by atoms with E-state index in [1.165, 1.54) is 20.0 Å². The van der Waals surface area contributed by atoms with Crippen molar-refractivity contribution in [2.24, 2.45) is 0 Å². The number of allylic oxidation sites excluding steroid dienone is 1. The molecule has 0 unspecified atom stereocenters. The molecule has 0 fully saturated rings. The summed E-state index contributed by atoms with van der Waals surface area (Å²) in [5.41, 5.74) is 0.669. The van der Waals surface area contributed by atoms with Crippen LogP contribution in [0.25, 0.3) is 5.57 Å². The standard InChI is InChI=1S/C23H24F3NO5S/c1-14(2)15-10-16(23(24,25)26)12-17(11-15)33(30,31)27(3)20-8-4-7-19-18(20)6-5-9-21(19)32-13-22(28)29/h5-6,9-12,20H,1,4,7-8,13H2,2-3H3,(H,28,29)/t20-/m1/s1. The summed E-state index contributed by atoms with van der Waals surface area (Å²) in [6.45, 7) is 4.61. The van der Waals surface area contributed by atoms with Crippen LogP contribution in [-0.2, 0) is 27.4 Å². The van der Waals surface area contributed by atoms with Gasteiger partial charge in [0.1, 0.15) is 5.75 Å². The Labute approximate surface area is 190 Å². The second-order valence-corrected chi connectivity index (χ2v) is 9.96. The van der Waals surface area contributed by atoms with Gasteiger partial charge in [0.05, 0.1) is 16.5 Å². The molecule has 0 saturated heterocycles. The summed E-state index contributed by atoms with van der Waals surface area (Å²) < 4.78 is 73.6. The molecule has 1 aliphatic carbocycles. The third-order valence-electron chi connectivity index (χ3n) is 5.63. The Kier molecular flexibility index (Phi) is 6.90. The zero-order valence-electron chi connectivity index (χ0n) is 18.1. The third kappa shape index (κ3) is 5.22. The van der Waals surface area contributed by atoms with Crippen molar-refractivity contribution in [1.82, 2.24) is 4.31 Å². The fourth-order valence-corrected chi connectivity index (χ4v) is 5.37. The molecule has 0 bridgehead atoms. The Bertz CT molecular complexity index is 1190. The van der Waals surface area contributed by atoms with Gasteiger partial charge in [-0.25, -0.2) is 13.2 Å². The van der Waals surface area contributed by atoms with Gasteiger partial charge in [0.2, 0.25) is 10.0 Å². The molecular weight excluding hydrogens is 459 g/mol. The van der Waals surface area contributed by atoms with Gasteiger partial charge < -0.3 is 9.84 Å². The van der Waals surface area contributed by atoms with Crippen molar-refractivity contribution in [3.8, 4) is 5.75 Å². The maximum Gasteiger partial charge on any atom is 0.416 e. The average molecular weight is 484 g/mol. The molecule has 6 nitrogen and oxygen atoms in total. The predicted octanol–water partition coefficient (Wildman–Crippen LogP) is 4.90. The highest BCUT2D eigenvalue weighted by atomic mass is 32.2. The van der Waals surface area contributed by atoms with Gasteiger partial charge in [-0.1, -0.05) is 24.3 Å². The number of nitrogens with zero attached hydrogens (tertiary/aromatic N) is 1. The Morgan fingerprint density at radius 1 is 1.27 bits per heavy atom. The number of sulfonamides is 1. The molecule has 1 N–H and O–H groups in total. The van der Waals surface area contributed by atoms with E-state index in [1.54, 1.807) is 18.2 Å². The number of carboxylic acids is 1. The second kappa shape index (κ2) is 9.18. The fraction of sp³-hybridized carbons (Fsp3) is 0.348. The van der Waals surface area contributed by atoms with E-state index in [1.807, 2.05) is 0 Å². The van der Waals surface area contributed by atoms with Crippen LogP contribution in [0.4, 0.5) is 13.2 Å². The summed E-state index contributed by atoms with van der Waals surface area (Å²) in [5.74, 6) is -0.786. The molecule has 0 aliphatic heterocycles. The minimum atomic E-state index is -4.72. The Balaban J connectivity index is 2.04. The maximum atomic E-state index is 13.4. The highest BCUT2D eigenvalue weighted by molar-refractivity contribution is 7.89. The highest BCUT2D eigenvalue weighted by Crippen LogP contribution is 2.41. The molecule has 33 heavy (non-hydrogen) atoms. The number of rotatable bonds is 7. The van der Waals surface area contributed by atoms with E-state index in [2.05, 4.69) is 6.58 Å². The van der Waals surface area contributed by atoms with Gasteiger partial charge in [-0.05, 0) is 67.1 Å². The molecule has 1 atom stereocenters. The van der Waals surface area contributed by atoms with Gasteiger partial charge in [-0.3, -0.25) is 0 Å². The SMILES string of the molecule is C=C(C)c1cc(C(F)(F)F)cc(S(=O)(=O)N(C)[C@@H]2CCCc3c(OCC(=O)O)cccc32)c1. The third-order valence-corrected chi connectivity index (χ3v) is 7.47. The predicted molar refractivity (Wildman–Crippen MR) is 116 cm³/mol. The van der Waals surface area contributed by atoms with E-state index in [4.69, 9.17) is 9.84 Å². The molecule has 0 saturated carbocycles. The van der Waals surface area contributed by atoms with Crippen LogP contribution in [0.1, 0.15) is 48.1 Å². The second-order valence-electron chi connectivity index (χ2n) is 7.96. The Morgan fingerprint density at radius 3 is 2.58 bits per heavy atom. The van der Waals surface area contributed by atoms with Crippen LogP contribution in [0, 0.1) is 0 Å². The number of aliphatic carboxylic acids is 1. The molecular formula is C23H24F3NO5S. The number of carboxylic acid groups (broad SMARTS) is 1. The number of carbonyl (C=O) groups is 1. The first kappa shape index (κ1) is 24.8. The van der Waals surface area contributed by atoms with Crippen LogP contribution in [-0.4, -0.2) is 37.5 Å². The average Bonchev–Trinajstić information content (AvgIpc) is 2.75. The van der Waals surface area contributed by atoms with Gasteiger partial charge >= 0.3 is 12.1 Å². The van der Waals surface area contributed by atoms with Gasteiger partial charge in [0.25, 0.3) is 0 Å². The molecule has 0 amide bonds. The van der Waals surface area contributed by atoms with E-state index in [-0.39, 0.29) is 5.56 Å². The molecule has 10 heteroatoms. The quantitative estimate of drug-likeness (QED) is 0.606. The number of hydrogen-bond donors (Lipinski definition) is 1. The van der Waals surface area contributed by atoms with E-state index < -0.39 is 45.3 Å². The van der Waals surface area contributed by atoms with Crippen LogP contribution < -0.4 is 4.74 Å². The van der Waals surface area contributed by atoms with E-state index in [9.17, 15) is 26.4 Å². The molecule has 3 rings (SSSR count). The lowest BCUT2D eigenvalue weighted by atomic mass is 9.87. The normalized spacial score (nSPS) is 16.4. The summed E-state index contributed by atoms with van der Waals surface area (Å²) in [4.78, 5) is 10.4. The number of halogens is 3. The molecule has 0 radical (unpaired) electrons. The monoisotopic (exact) mass is 483 g/mol. The zero-order chi connectivity index (χ0) is 24.6. The van der Waals surface area contributed by atoms with Crippen LogP contribution in [0.2, 0.25) is 0 Å². The first-order chi connectivity index (χ1) is 15.3. The largest absolute Gasteiger partial charge is 0.482 e. The maximum absolute atomic E-state index is 13.4. The van der Waals surface area contributed by atoms with Crippen LogP contribution in [0.3, 0.4) is 0 Å². The first-order valence-electron chi connectivity index (χ1n) is 10.1. The molecule has 2 aromatic carbocycles. The van der Waals surface area contributed by atoms with Crippen molar-refractivity contribution >= 4 is 21.6 Å². The Morgan fingerprint density at radius 2 is 1.97 bits per heavy atom. The van der Waals surface area contributed by atoms with Gasteiger partial charge in [-0.15, -0.1) is 0 Å². The number of fused-ring (bicyclic) bond motifs is 1. The van der Waals surface area contributed by atoms with Crippen LogP contribution in [0.15, 0.2) is 47.9 Å². The molecule has 178 valence electrons. The number of hydrogen-bond acceptors (Lipinski definition) is 4. The van der Waals surface area contributed by atoms with Gasteiger partial charge in [-0.2, -0.15) is 17.5 Å². The lowest BCUT2D eigenvalue weighted by molar-refractivity contribution is -0.139. The topological polar surface area (TPSA) is 83.9 Å². The van der Waals surface area contributed by atoms with Gasteiger partial charge in [0, 0.05) is 7.05 Å². The van der Waals surface area contributed by atoms with Crippen molar-refractivity contribution in [3.63, 3.8) is 0 Å². The first-order valence-corrected chi connectivity index (χ1v) is 11.6. The van der Waals surface area contributed by atoms with E-state index in [0.717, 1.165) is 10.4 Å². The van der Waals surface area contributed by atoms with Crippen LogP contribution >= 0.6 is 0 Å². The molecule has 0 heterocycles. The van der Waals surface area contributed by atoms with E-state index >= 15 is 0 Å². The molecule has 0 aromatic heterocycles. The smallest absolute Gasteiger partial charge is 0.416 e. The fourth-order valence-electron chi connectivity index (χ4n) is 3.93. The van der Waals surface area contributed by atoms with Crippen molar-refractivity contribution < 1.29 is 36.2 Å². The number of benzene rings is 2. The summed E-state index contributed by atoms with van der Waals surface area (Å²) in [6.07, 6.45) is -3.09. The summed E-state index contributed by atoms with van der Waals surface area (Å²) in [6, 6.07) is 7.04. The van der Waals surface area contributed by atoms with E-state index in [0.29, 0.717) is 47.8 Å². The zero-order valence-corrected chi connectivity index (χ0v) is 19.0. The molecule has 0 spiro atoms. The number of alkyl halides is 3.